The number of Topliss-reactive ketones (excluding diaryl/α,β-unsaturated/α-hetero) is 1. The second kappa shape index (κ2) is 7.69. The maximum absolute atomic E-state index is 12.1. The number of nitrogens with zero attached hydrogens (tertiary/aromatic N) is 2. The highest BCUT2D eigenvalue weighted by molar-refractivity contribution is 5.82. The van der Waals surface area contributed by atoms with Crippen LogP contribution in [0, 0.1) is 17.8 Å². The molecule has 1 heterocycles. The number of ketones is 1. The lowest BCUT2D eigenvalue weighted by molar-refractivity contribution is -0.126. The Hall–Kier alpha value is -1.22. The Balaban J connectivity index is 1.80. The van der Waals surface area contributed by atoms with Crippen molar-refractivity contribution in [1.82, 2.24) is 9.88 Å². The molecule has 3 nitrogen and oxygen atoms in total. The Bertz CT molecular complexity index is 444. The van der Waals surface area contributed by atoms with Gasteiger partial charge in [-0.25, -0.2) is 0 Å². The van der Waals surface area contributed by atoms with Crippen molar-refractivity contribution < 1.29 is 4.79 Å². The summed E-state index contributed by atoms with van der Waals surface area (Å²) in [5.41, 5.74) is 1.12. The zero-order valence-electron chi connectivity index (χ0n) is 13.6. The third-order valence-electron chi connectivity index (χ3n) is 4.75. The van der Waals surface area contributed by atoms with Crippen molar-refractivity contribution in [2.45, 2.75) is 39.5 Å². The van der Waals surface area contributed by atoms with Gasteiger partial charge in [0.2, 0.25) is 0 Å². The average molecular weight is 288 g/mol. The molecule has 0 saturated heterocycles. The van der Waals surface area contributed by atoms with Crippen LogP contribution in [0.15, 0.2) is 24.4 Å². The summed E-state index contributed by atoms with van der Waals surface area (Å²) in [4.78, 5) is 18.8. The monoisotopic (exact) mass is 288 g/mol. The quantitative estimate of drug-likeness (QED) is 0.806. The topological polar surface area (TPSA) is 33.2 Å². The lowest BCUT2D eigenvalue weighted by Crippen LogP contribution is -2.36. The zero-order chi connectivity index (χ0) is 15.2. The molecule has 1 aliphatic carbocycles. The molecule has 0 amide bonds. The van der Waals surface area contributed by atoms with E-state index >= 15 is 0 Å². The normalized spacial score (nSPS) is 23.0. The minimum atomic E-state index is 0.236. The summed E-state index contributed by atoms with van der Waals surface area (Å²) in [7, 11) is 2.12. The van der Waals surface area contributed by atoms with Gasteiger partial charge in [0.05, 0.1) is 0 Å². The number of rotatable bonds is 6. The average Bonchev–Trinajstić information content (AvgIpc) is 2.48. The third-order valence-corrected chi connectivity index (χ3v) is 4.75. The Kier molecular flexibility index (Phi) is 5.92. The number of hydrogen-bond acceptors (Lipinski definition) is 3. The van der Waals surface area contributed by atoms with Crippen molar-refractivity contribution in [3.05, 3.63) is 30.1 Å². The van der Waals surface area contributed by atoms with E-state index < -0.39 is 0 Å². The molecule has 0 aromatic carbocycles. The molecule has 1 fully saturated rings. The SMILES string of the molecule is CC(C)C1CCC(=O)C(CN(C)CCc2ccccn2)C1. The highest BCUT2D eigenvalue weighted by Crippen LogP contribution is 2.31. The fourth-order valence-corrected chi connectivity index (χ4v) is 3.25. The Labute approximate surface area is 128 Å². The molecule has 2 atom stereocenters. The van der Waals surface area contributed by atoms with E-state index in [-0.39, 0.29) is 5.92 Å². The molecule has 1 aliphatic rings. The lowest BCUT2D eigenvalue weighted by Gasteiger charge is -2.32. The molecular weight excluding hydrogens is 260 g/mol. The highest BCUT2D eigenvalue weighted by Gasteiger charge is 2.30. The predicted molar refractivity (Wildman–Crippen MR) is 86.1 cm³/mol. The van der Waals surface area contributed by atoms with Gasteiger partial charge in [0.1, 0.15) is 5.78 Å². The van der Waals surface area contributed by atoms with Gasteiger partial charge in [-0.2, -0.15) is 0 Å². The fraction of sp³-hybridized carbons (Fsp3) is 0.667. The summed E-state index contributed by atoms with van der Waals surface area (Å²) >= 11 is 0. The molecule has 1 aromatic rings. The Morgan fingerprint density at radius 2 is 2.19 bits per heavy atom. The van der Waals surface area contributed by atoms with E-state index in [2.05, 4.69) is 36.8 Å². The smallest absolute Gasteiger partial charge is 0.137 e. The van der Waals surface area contributed by atoms with E-state index in [0.717, 1.165) is 50.4 Å². The Morgan fingerprint density at radius 3 is 2.86 bits per heavy atom. The first-order chi connectivity index (χ1) is 10.1. The molecule has 0 bridgehead atoms. The summed E-state index contributed by atoms with van der Waals surface area (Å²) in [6, 6.07) is 6.04. The predicted octanol–water partition coefficient (Wildman–Crippen LogP) is 3.20. The van der Waals surface area contributed by atoms with E-state index in [1.165, 1.54) is 0 Å². The van der Waals surface area contributed by atoms with Gasteiger partial charge < -0.3 is 4.90 Å². The summed E-state index contributed by atoms with van der Waals surface area (Å²) < 4.78 is 0. The van der Waals surface area contributed by atoms with Crippen LogP contribution in [0.1, 0.15) is 38.8 Å². The van der Waals surface area contributed by atoms with Crippen LogP contribution < -0.4 is 0 Å². The first kappa shape index (κ1) is 16.2. The molecule has 1 saturated carbocycles. The van der Waals surface area contributed by atoms with Gasteiger partial charge in [-0.3, -0.25) is 9.78 Å². The molecule has 0 spiro atoms. The molecule has 2 unspecified atom stereocenters. The van der Waals surface area contributed by atoms with Crippen LogP contribution >= 0.6 is 0 Å². The van der Waals surface area contributed by atoms with Crippen LogP contribution in [0.2, 0.25) is 0 Å². The van der Waals surface area contributed by atoms with Gasteiger partial charge in [-0.15, -0.1) is 0 Å². The van der Waals surface area contributed by atoms with Gasteiger partial charge in [-0.05, 0) is 43.9 Å². The van der Waals surface area contributed by atoms with Gasteiger partial charge in [0, 0.05) is 43.7 Å². The van der Waals surface area contributed by atoms with Crippen molar-refractivity contribution in [1.29, 1.82) is 0 Å². The summed E-state index contributed by atoms with van der Waals surface area (Å²) in [5, 5.41) is 0. The minimum absolute atomic E-state index is 0.236. The fourth-order valence-electron chi connectivity index (χ4n) is 3.25. The van der Waals surface area contributed by atoms with Crippen LogP contribution in [-0.4, -0.2) is 35.8 Å². The number of carbonyl (C=O) groups excluding carboxylic acids is 1. The van der Waals surface area contributed by atoms with Crippen LogP contribution in [0.4, 0.5) is 0 Å². The number of aromatic nitrogens is 1. The van der Waals surface area contributed by atoms with Crippen molar-refractivity contribution >= 4 is 5.78 Å². The number of pyridine rings is 1. The van der Waals surface area contributed by atoms with E-state index in [4.69, 9.17) is 0 Å². The van der Waals surface area contributed by atoms with Crippen molar-refractivity contribution in [3.63, 3.8) is 0 Å². The minimum Gasteiger partial charge on any atom is -0.305 e. The third kappa shape index (κ3) is 4.92. The summed E-state index contributed by atoms with van der Waals surface area (Å²) in [6.07, 6.45) is 5.73. The summed E-state index contributed by atoms with van der Waals surface area (Å²) in [5.74, 6) is 2.12. The standard InChI is InChI=1S/C18H28N2O/c1-14(2)15-7-8-18(21)16(12-15)13-20(3)11-9-17-6-4-5-10-19-17/h4-6,10,14-16H,7-9,11-13H2,1-3H3. The van der Waals surface area contributed by atoms with Gasteiger partial charge in [0.15, 0.2) is 0 Å². The largest absolute Gasteiger partial charge is 0.305 e. The lowest BCUT2D eigenvalue weighted by atomic mass is 9.75. The second-order valence-corrected chi connectivity index (χ2v) is 6.78. The van der Waals surface area contributed by atoms with Crippen LogP contribution in [0.3, 0.4) is 0 Å². The Morgan fingerprint density at radius 1 is 1.38 bits per heavy atom. The molecule has 2 rings (SSSR count). The molecule has 21 heavy (non-hydrogen) atoms. The van der Waals surface area contributed by atoms with Gasteiger partial charge >= 0.3 is 0 Å². The van der Waals surface area contributed by atoms with Crippen molar-refractivity contribution in [2.75, 3.05) is 20.1 Å². The van der Waals surface area contributed by atoms with Gasteiger partial charge in [0.25, 0.3) is 0 Å². The molecule has 3 heteroatoms. The van der Waals surface area contributed by atoms with Crippen molar-refractivity contribution in [3.8, 4) is 0 Å². The second-order valence-electron chi connectivity index (χ2n) is 6.78. The van der Waals surface area contributed by atoms with E-state index in [9.17, 15) is 4.79 Å². The van der Waals surface area contributed by atoms with Gasteiger partial charge in [-0.1, -0.05) is 19.9 Å². The first-order valence-corrected chi connectivity index (χ1v) is 8.17. The molecule has 0 N–H and O–H groups in total. The zero-order valence-corrected chi connectivity index (χ0v) is 13.6. The molecule has 116 valence electrons. The first-order valence-electron chi connectivity index (χ1n) is 8.17. The highest BCUT2D eigenvalue weighted by atomic mass is 16.1. The number of carbonyl (C=O) groups is 1. The van der Waals surface area contributed by atoms with Crippen LogP contribution in [0.5, 0.6) is 0 Å². The van der Waals surface area contributed by atoms with Crippen LogP contribution in [0.25, 0.3) is 0 Å². The number of hydrogen-bond donors (Lipinski definition) is 0. The van der Waals surface area contributed by atoms with Crippen LogP contribution in [-0.2, 0) is 11.2 Å². The van der Waals surface area contributed by atoms with Crippen molar-refractivity contribution in [2.24, 2.45) is 17.8 Å². The van der Waals surface area contributed by atoms with E-state index in [1.54, 1.807) is 0 Å². The molecule has 0 aliphatic heterocycles. The molecular formula is C18H28N2O. The molecule has 1 aromatic heterocycles. The van der Waals surface area contributed by atoms with E-state index in [0.29, 0.717) is 11.7 Å². The maximum Gasteiger partial charge on any atom is 0.137 e. The van der Waals surface area contributed by atoms with E-state index in [1.807, 2.05) is 18.3 Å². The molecule has 0 radical (unpaired) electrons. The maximum atomic E-state index is 12.1. The summed E-state index contributed by atoms with van der Waals surface area (Å²) in [6.45, 7) is 6.42. The number of likely N-dealkylation sites (N-methyl/N-ethyl adjacent to an activating group) is 1.